The summed E-state index contributed by atoms with van der Waals surface area (Å²) in [5.74, 6) is -0.697. The van der Waals surface area contributed by atoms with Crippen molar-refractivity contribution < 1.29 is 26.6 Å². The number of rotatable bonds is 6. The molecule has 1 unspecified atom stereocenters. The lowest BCUT2D eigenvalue weighted by molar-refractivity contribution is -0.117. The maximum atomic E-state index is 14.1. The van der Waals surface area contributed by atoms with Crippen LogP contribution in [0, 0.1) is 5.82 Å². The average Bonchev–Trinajstić information content (AvgIpc) is 2.89. The van der Waals surface area contributed by atoms with Crippen molar-refractivity contribution in [2.75, 3.05) is 30.1 Å². The molecule has 2 N–H and O–H groups in total. The van der Waals surface area contributed by atoms with E-state index in [1.165, 1.54) is 25.2 Å². The summed E-state index contributed by atoms with van der Waals surface area (Å²) >= 11 is 0. The zero-order valence-corrected chi connectivity index (χ0v) is 12.6. The number of hydrogen-bond acceptors (Lipinski definition) is 8. The Hall–Kier alpha value is -1.75. The number of carbonyl (C=O) groups is 1. The normalized spacial score (nSPS) is 21.4. The molecule has 1 aliphatic heterocycles. The van der Waals surface area contributed by atoms with Gasteiger partial charge in [0.1, 0.15) is 5.69 Å². The number of nitrogens with zero attached hydrogens (tertiary/aromatic N) is 2. The van der Waals surface area contributed by atoms with Crippen LogP contribution in [0.5, 0.6) is 0 Å². The van der Waals surface area contributed by atoms with Crippen molar-refractivity contribution in [2.45, 2.75) is 12.3 Å². The summed E-state index contributed by atoms with van der Waals surface area (Å²) in [5, 5.41) is 0.797. The second-order valence-corrected chi connectivity index (χ2v) is 5.22. The van der Waals surface area contributed by atoms with Gasteiger partial charge >= 0.3 is 0 Å². The topological polar surface area (TPSA) is 102 Å². The number of carbonyl (C=O) groups excluding carboxylic acids is 1. The average molecular weight is 333 g/mol. The maximum absolute atomic E-state index is 14.1. The van der Waals surface area contributed by atoms with Crippen molar-refractivity contribution in [1.82, 2.24) is 0 Å². The van der Waals surface area contributed by atoms with Crippen LogP contribution in [0.25, 0.3) is 0 Å². The Bertz CT molecular complexity index is 619. The Morgan fingerprint density at radius 1 is 1.59 bits per heavy atom. The molecule has 122 valence electrons. The molecule has 1 saturated heterocycles. The van der Waals surface area contributed by atoms with Crippen molar-refractivity contribution in [3.63, 3.8) is 0 Å². The molecular formula is C12H16FN3O5S. The molecule has 2 atom stereocenters. The summed E-state index contributed by atoms with van der Waals surface area (Å²) in [6.07, 6.45) is -0.531. The monoisotopic (exact) mass is 333 g/mol. The summed E-state index contributed by atoms with van der Waals surface area (Å²) in [6, 6.07) is 4.06. The number of aldehydes is 1. The van der Waals surface area contributed by atoms with Gasteiger partial charge in [0.25, 0.3) is 11.0 Å². The predicted molar refractivity (Wildman–Crippen MR) is 77.3 cm³/mol. The van der Waals surface area contributed by atoms with Crippen molar-refractivity contribution in [1.29, 1.82) is 0 Å². The molecular weight excluding hydrogens is 317 g/mol. The van der Waals surface area contributed by atoms with E-state index in [2.05, 4.69) is 4.28 Å². The third-order valence-corrected chi connectivity index (χ3v) is 3.59. The fourth-order valence-electron chi connectivity index (χ4n) is 2.20. The third kappa shape index (κ3) is 3.53. The van der Waals surface area contributed by atoms with Crippen LogP contribution in [-0.4, -0.2) is 47.2 Å². The van der Waals surface area contributed by atoms with E-state index in [-0.39, 0.29) is 18.3 Å². The van der Waals surface area contributed by atoms with E-state index in [4.69, 9.17) is 10.5 Å². The van der Waals surface area contributed by atoms with Crippen LogP contribution in [0.15, 0.2) is 18.2 Å². The summed E-state index contributed by atoms with van der Waals surface area (Å²) in [5.41, 5.74) is 5.88. The number of thiol groups is 1. The summed E-state index contributed by atoms with van der Waals surface area (Å²) < 4.78 is 44.9. The molecule has 0 amide bonds. The van der Waals surface area contributed by atoms with Gasteiger partial charge in [0.05, 0.1) is 6.10 Å². The Labute approximate surface area is 128 Å². The van der Waals surface area contributed by atoms with Crippen molar-refractivity contribution in [2.24, 2.45) is 5.73 Å². The van der Waals surface area contributed by atoms with E-state index in [1.807, 2.05) is 0 Å². The molecule has 0 radical (unpaired) electrons. The number of benzene rings is 1. The molecule has 10 heteroatoms. The van der Waals surface area contributed by atoms with E-state index in [0.717, 1.165) is 5.06 Å². The lowest BCUT2D eigenvalue weighted by Gasteiger charge is -2.22. The second kappa shape index (κ2) is 7.01. The van der Waals surface area contributed by atoms with Gasteiger partial charge in [0.15, 0.2) is 18.3 Å². The van der Waals surface area contributed by atoms with Gasteiger partial charge in [-0.05, 0) is 18.2 Å². The number of nitrogens with two attached hydrogens (primary N) is 1. The lowest BCUT2D eigenvalue weighted by Crippen LogP contribution is -2.31. The van der Waals surface area contributed by atoms with Crippen LogP contribution < -0.4 is 15.7 Å². The van der Waals surface area contributed by atoms with Crippen LogP contribution in [0.4, 0.5) is 15.8 Å². The van der Waals surface area contributed by atoms with Gasteiger partial charge in [-0.2, -0.15) is 4.28 Å². The molecule has 1 fully saturated rings. The van der Waals surface area contributed by atoms with E-state index in [0.29, 0.717) is 18.5 Å². The third-order valence-electron chi connectivity index (χ3n) is 3.21. The van der Waals surface area contributed by atoms with Crippen molar-refractivity contribution in [3.05, 3.63) is 24.0 Å². The van der Waals surface area contributed by atoms with Gasteiger partial charge in [-0.25, -0.2) is 17.9 Å². The molecule has 0 saturated carbocycles. The van der Waals surface area contributed by atoms with E-state index >= 15 is 0 Å². The first-order valence-electron chi connectivity index (χ1n) is 6.39. The first kappa shape index (κ1) is 16.6. The number of halogens is 1. The molecule has 0 bridgehead atoms. The molecule has 1 aromatic carbocycles. The molecule has 22 heavy (non-hydrogen) atoms. The molecule has 1 aromatic rings. The first-order valence-corrected chi connectivity index (χ1v) is 7.49. The van der Waals surface area contributed by atoms with Gasteiger partial charge in [-0.1, -0.05) is 0 Å². The summed E-state index contributed by atoms with van der Waals surface area (Å²) in [6.45, 7) is 0.603. The van der Waals surface area contributed by atoms with Crippen LogP contribution in [-0.2, 0) is 24.8 Å². The van der Waals surface area contributed by atoms with Crippen molar-refractivity contribution in [3.8, 4) is 0 Å². The number of anilines is 2. The minimum atomic E-state index is -3.14. The largest absolute Gasteiger partial charge is 0.345 e. The minimum absolute atomic E-state index is 0.0545. The van der Waals surface area contributed by atoms with Gasteiger partial charge in [0, 0.05) is 25.8 Å². The SMILES string of the molecule is CN(O[SH](=O)=O)c1ccc(N2C[C@H](CN)OC2C=O)cc1F. The quantitative estimate of drug-likeness (QED) is 0.405. The standard InChI is InChI=1S/C12H16FN3O5S/c1-15(21-22(18)19)11-3-2-8(4-10(11)13)16-6-9(5-14)20-12(16)7-17/h2-4,7,9,12,22H,5-6,14H2,1H3/t9-,12?/m0/s1. The van der Waals surface area contributed by atoms with Crippen molar-refractivity contribution >= 4 is 28.6 Å². The highest BCUT2D eigenvalue weighted by atomic mass is 32.2. The highest BCUT2D eigenvalue weighted by Gasteiger charge is 2.32. The Morgan fingerprint density at radius 3 is 2.86 bits per heavy atom. The number of hydroxylamine groups is 1. The molecule has 1 aliphatic rings. The molecule has 0 aromatic heterocycles. The smallest absolute Gasteiger partial charge is 0.277 e. The fourth-order valence-corrected chi connectivity index (χ4v) is 2.49. The van der Waals surface area contributed by atoms with Gasteiger partial charge in [-0.15, -0.1) is 0 Å². The summed E-state index contributed by atoms with van der Waals surface area (Å²) in [4.78, 5) is 12.6. The van der Waals surface area contributed by atoms with Crippen LogP contribution in [0.3, 0.4) is 0 Å². The highest BCUT2D eigenvalue weighted by molar-refractivity contribution is 7.67. The zero-order chi connectivity index (χ0) is 16.3. The molecule has 1 heterocycles. The first-order chi connectivity index (χ1) is 10.5. The number of ether oxygens (including phenoxy) is 1. The maximum Gasteiger partial charge on any atom is 0.277 e. The van der Waals surface area contributed by atoms with Crippen LogP contribution >= 0.6 is 0 Å². The Morgan fingerprint density at radius 2 is 2.32 bits per heavy atom. The molecule has 8 nitrogen and oxygen atoms in total. The fraction of sp³-hybridized carbons (Fsp3) is 0.417. The lowest BCUT2D eigenvalue weighted by atomic mass is 10.2. The Balaban J connectivity index is 2.23. The predicted octanol–water partition coefficient (Wildman–Crippen LogP) is -0.591. The molecule has 0 aliphatic carbocycles. The molecule has 0 spiro atoms. The van der Waals surface area contributed by atoms with Gasteiger partial charge in [-0.3, -0.25) is 4.79 Å². The van der Waals surface area contributed by atoms with Gasteiger partial charge < -0.3 is 15.4 Å². The van der Waals surface area contributed by atoms with Crippen LogP contribution in [0.1, 0.15) is 0 Å². The minimum Gasteiger partial charge on any atom is -0.345 e. The van der Waals surface area contributed by atoms with E-state index in [1.54, 1.807) is 4.90 Å². The number of hydrogen-bond donors (Lipinski definition) is 2. The molecule has 2 rings (SSSR count). The summed E-state index contributed by atoms with van der Waals surface area (Å²) in [7, 11) is -1.88. The Kier molecular flexibility index (Phi) is 5.29. The van der Waals surface area contributed by atoms with Gasteiger partial charge in [0.2, 0.25) is 0 Å². The van der Waals surface area contributed by atoms with Crippen LogP contribution in [0.2, 0.25) is 0 Å². The zero-order valence-electron chi connectivity index (χ0n) is 11.7. The second-order valence-electron chi connectivity index (χ2n) is 4.61. The van der Waals surface area contributed by atoms with E-state index < -0.39 is 23.0 Å². The highest BCUT2D eigenvalue weighted by Crippen LogP contribution is 2.28. The van der Waals surface area contributed by atoms with E-state index in [9.17, 15) is 17.6 Å².